The van der Waals surface area contributed by atoms with Crippen LogP contribution in [0.3, 0.4) is 0 Å². The average Bonchev–Trinajstić information content (AvgIpc) is 2.89. The zero-order valence-corrected chi connectivity index (χ0v) is 19.2. The highest BCUT2D eigenvalue weighted by Gasteiger charge is 2.19. The molecular formula is C31H23N3. The fourth-order valence-electron chi connectivity index (χ4n) is 4.06. The number of hydrogen-bond acceptors (Lipinski definition) is 3. The molecule has 0 aliphatic rings. The standard InChI is InChI=1S/C31H23N3/c1-21-6-12-25(13-7-21)29-19-27(24-16-10-23(20-32)11-17-24)30(28-5-3-4-18-33-28)31(34-29)26-14-8-22(2)9-15-26/h3-19H,1-2H3. The van der Waals surface area contributed by atoms with Gasteiger partial charge in [-0.2, -0.15) is 5.26 Å². The first kappa shape index (κ1) is 21.3. The monoisotopic (exact) mass is 437 g/mol. The van der Waals surface area contributed by atoms with Crippen LogP contribution in [-0.2, 0) is 0 Å². The highest BCUT2D eigenvalue weighted by molar-refractivity contribution is 5.93. The van der Waals surface area contributed by atoms with E-state index in [-0.39, 0.29) is 0 Å². The Labute approximate surface area is 200 Å². The number of hydrogen-bond donors (Lipinski definition) is 0. The third kappa shape index (κ3) is 4.22. The zero-order valence-electron chi connectivity index (χ0n) is 19.2. The molecule has 0 saturated carbocycles. The Bertz CT molecular complexity index is 1480. The smallest absolute Gasteiger partial charge is 0.0991 e. The van der Waals surface area contributed by atoms with E-state index in [1.54, 1.807) is 0 Å². The van der Waals surface area contributed by atoms with E-state index in [2.05, 4.69) is 74.5 Å². The van der Waals surface area contributed by atoms with Crippen molar-refractivity contribution in [1.82, 2.24) is 9.97 Å². The van der Waals surface area contributed by atoms with Crippen molar-refractivity contribution in [3.63, 3.8) is 0 Å². The number of nitriles is 1. The fourth-order valence-corrected chi connectivity index (χ4v) is 4.06. The van der Waals surface area contributed by atoms with Crippen molar-refractivity contribution in [2.75, 3.05) is 0 Å². The quantitative estimate of drug-likeness (QED) is 0.290. The van der Waals surface area contributed by atoms with Crippen LogP contribution in [0.25, 0.3) is 44.9 Å². The Morgan fingerprint density at radius 1 is 0.647 bits per heavy atom. The van der Waals surface area contributed by atoms with Gasteiger partial charge in [-0.05, 0) is 55.3 Å². The van der Waals surface area contributed by atoms with Crippen LogP contribution < -0.4 is 0 Å². The molecule has 34 heavy (non-hydrogen) atoms. The lowest BCUT2D eigenvalue weighted by Gasteiger charge is -2.17. The number of nitrogens with zero attached hydrogens (tertiary/aromatic N) is 3. The molecule has 0 atom stereocenters. The molecule has 5 aromatic rings. The first-order chi connectivity index (χ1) is 16.6. The number of pyridine rings is 2. The Hall–Kier alpha value is -4.55. The largest absolute Gasteiger partial charge is 0.256 e. The summed E-state index contributed by atoms with van der Waals surface area (Å²) < 4.78 is 0. The second kappa shape index (κ2) is 9.13. The Morgan fingerprint density at radius 3 is 1.85 bits per heavy atom. The minimum absolute atomic E-state index is 0.634. The fraction of sp³-hybridized carbons (Fsp3) is 0.0645. The van der Waals surface area contributed by atoms with Gasteiger partial charge in [-0.3, -0.25) is 4.98 Å². The van der Waals surface area contributed by atoms with E-state index in [0.29, 0.717) is 5.56 Å². The topological polar surface area (TPSA) is 49.6 Å². The first-order valence-corrected chi connectivity index (χ1v) is 11.2. The summed E-state index contributed by atoms with van der Waals surface area (Å²) in [5, 5.41) is 9.29. The van der Waals surface area contributed by atoms with Gasteiger partial charge in [0, 0.05) is 22.9 Å². The normalized spacial score (nSPS) is 10.6. The lowest BCUT2D eigenvalue weighted by Crippen LogP contribution is -1.98. The molecule has 0 saturated heterocycles. The van der Waals surface area contributed by atoms with Crippen molar-refractivity contribution < 1.29 is 0 Å². The van der Waals surface area contributed by atoms with Crippen molar-refractivity contribution in [2.24, 2.45) is 0 Å². The number of rotatable bonds is 4. The highest BCUT2D eigenvalue weighted by Crippen LogP contribution is 2.40. The molecule has 0 aliphatic carbocycles. The van der Waals surface area contributed by atoms with Gasteiger partial charge < -0.3 is 0 Å². The van der Waals surface area contributed by atoms with Crippen LogP contribution in [-0.4, -0.2) is 9.97 Å². The summed E-state index contributed by atoms with van der Waals surface area (Å²) in [6.45, 7) is 4.17. The van der Waals surface area contributed by atoms with E-state index in [1.807, 2.05) is 48.7 Å². The molecule has 0 fully saturated rings. The first-order valence-electron chi connectivity index (χ1n) is 11.2. The molecule has 3 heteroatoms. The molecule has 3 aromatic carbocycles. The van der Waals surface area contributed by atoms with Crippen molar-refractivity contribution in [2.45, 2.75) is 13.8 Å². The maximum Gasteiger partial charge on any atom is 0.0991 e. The van der Waals surface area contributed by atoms with Gasteiger partial charge in [-0.25, -0.2) is 4.98 Å². The van der Waals surface area contributed by atoms with Crippen LogP contribution in [0.15, 0.2) is 103 Å². The summed E-state index contributed by atoms with van der Waals surface area (Å²) in [6, 6.07) is 34.9. The number of aromatic nitrogens is 2. The molecule has 0 bridgehead atoms. The van der Waals surface area contributed by atoms with Gasteiger partial charge >= 0.3 is 0 Å². The Morgan fingerprint density at radius 2 is 1.26 bits per heavy atom. The lowest BCUT2D eigenvalue weighted by molar-refractivity contribution is 1.27. The van der Waals surface area contributed by atoms with Crippen LogP contribution >= 0.6 is 0 Å². The molecule has 162 valence electrons. The number of benzene rings is 3. The molecule has 0 N–H and O–H groups in total. The van der Waals surface area contributed by atoms with E-state index < -0.39 is 0 Å². The van der Waals surface area contributed by atoms with Crippen LogP contribution in [0.4, 0.5) is 0 Å². The van der Waals surface area contributed by atoms with Gasteiger partial charge in [0.15, 0.2) is 0 Å². The lowest BCUT2D eigenvalue weighted by atomic mass is 9.91. The average molecular weight is 438 g/mol. The van der Waals surface area contributed by atoms with Crippen LogP contribution in [0.1, 0.15) is 16.7 Å². The van der Waals surface area contributed by atoms with Gasteiger partial charge in [0.05, 0.1) is 28.7 Å². The van der Waals surface area contributed by atoms with Crippen LogP contribution in [0.5, 0.6) is 0 Å². The summed E-state index contributed by atoms with van der Waals surface area (Å²) in [6.07, 6.45) is 1.81. The molecule has 2 aromatic heterocycles. The van der Waals surface area contributed by atoms with Crippen LogP contribution in [0, 0.1) is 25.2 Å². The molecule has 0 spiro atoms. The van der Waals surface area contributed by atoms with Crippen molar-refractivity contribution in [3.8, 4) is 51.0 Å². The maximum atomic E-state index is 9.29. The molecule has 5 rings (SSSR count). The Kier molecular flexibility index (Phi) is 5.72. The van der Waals surface area contributed by atoms with E-state index in [9.17, 15) is 5.26 Å². The van der Waals surface area contributed by atoms with Gasteiger partial charge in [-0.1, -0.05) is 77.9 Å². The second-order valence-corrected chi connectivity index (χ2v) is 8.41. The van der Waals surface area contributed by atoms with Crippen molar-refractivity contribution in [1.29, 1.82) is 5.26 Å². The summed E-state index contributed by atoms with van der Waals surface area (Å²) in [5.41, 5.74) is 10.8. The summed E-state index contributed by atoms with van der Waals surface area (Å²) in [7, 11) is 0. The minimum atomic E-state index is 0.634. The van der Waals surface area contributed by atoms with E-state index in [4.69, 9.17) is 9.97 Å². The van der Waals surface area contributed by atoms with Gasteiger partial charge in [-0.15, -0.1) is 0 Å². The molecule has 0 unspecified atom stereocenters. The molecular weight excluding hydrogens is 414 g/mol. The number of aryl methyl sites for hydroxylation is 2. The minimum Gasteiger partial charge on any atom is -0.256 e. The van der Waals surface area contributed by atoms with E-state index >= 15 is 0 Å². The molecule has 0 radical (unpaired) electrons. The van der Waals surface area contributed by atoms with Gasteiger partial charge in [0.2, 0.25) is 0 Å². The Balaban J connectivity index is 1.85. The second-order valence-electron chi connectivity index (χ2n) is 8.41. The predicted octanol–water partition coefficient (Wildman–Crippen LogP) is 7.63. The van der Waals surface area contributed by atoms with Gasteiger partial charge in [0.25, 0.3) is 0 Å². The van der Waals surface area contributed by atoms with Gasteiger partial charge in [0.1, 0.15) is 0 Å². The van der Waals surface area contributed by atoms with E-state index in [1.165, 1.54) is 11.1 Å². The molecule has 0 aliphatic heterocycles. The van der Waals surface area contributed by atoms with Crippen LogP contribution in [0.2, 0.25) is 0 Å². The summed E-state index contributed by atoms with van der Waals surface area (Å²) >= 11 is 0. The SMILES string of the molecule is Cc1ccc(-c2cc(-c3ccc(C#N)cc3)c(-c3ccccn3)c(-c3ccc(C)cc3)n2)cc1. The van der Waals surface area contributed by atoms with Crippen molar-refractivity contribution >= 4 is 0 Å². The van der Waals surface area contributed by atoms with Crippen molar-refractivity contribution in [3.05, 3.63) is 120 Å². The molecule has 3 nitrogen and oxygen atoms in total. The predicted molar refractivity (Wildman–Crippen MR) is 138 cm³/mol. The van der Waals surface area contributed by atoms with E-state index in [0.717, 1.165) is 44.9 Å². The summed E-state index contributed by atoms with van der Waals surface area (Å²) in [5.74, 6) is 0. The summed E-state index contributed by atoms with van der Waals surface area (Å²) in [4.78, 5) is 9.87. The zero-order chi connectivity index (χ0) is 23.5. The third-order valence-corrected chi connectivity index (χ3v) is 5.94. The maximum absolute atomic E-state index is 9.29. The molecule has 2 heterocycles. The third-order valence-electron chi connectivity index (χ3n) is 5.94. The highest BCUT2D eigenvalue weighted by atomic mass is 14.7. The molecule has 0 amide bonds.